The van der Waals surface area contributed by atoms with Crippen molar-refractivity contribution in [3.8, 4) is 5.88 Å². The average molecular weight is 272 g/mol. The first-order chi connectivity index (χ1) is 7.25. The van der Waals surface area contributed by atoms with E-state index in [1.54, 1.807) is 6.20 Å². The zero-order valence-corrected chi connectivity index (χ0v) is 10.3. The summed E-state index contributed by atoms with van der Waals surface area (Å²) >= 11 is 3.37. The summed E-state index contributed by atoms with van der Waals surface area (Å²) in [4.78, 5) is 4.21. The van der Waals surface area contributed by atoms with Gasteiger partial charge in [0.15, 0.2) is 0 Å². The molecular weight excluding hydrogens is 258 g/mol. The van der Waals surface area contributed by atoms with Gasteiger partial charge in [-0.2, -0.15) is 0 Å². The Kier molecular flexibility index (Phi) is 3.59. The van der Waals surface area contributed by atoms with Crippen molar-refractivity contribution in [2.45, 2.75) is 25.9 Å². The second kappa shape index (κ2) is 4.94. The molecule has 0 N–H and O–H groups in total. The van der Waals surface area contributed by atoms with Gasteiger partial charge in [-0.3, -0.25) is 0 Å². The van der Waals surface area contributed by atoms with E-state index in [9.17, 15) is 0 Å². The standard InChI is InChI=1S/C11H14BrNO2/c1-8-5-9(12)6-13-11(8)15-7-10-3-2-4-14-10/h5-6,10H,2-4,7H2,1H3. The summed E-state index contributed by atoms with van der Waals surface area (Å²) in [6, 6.07) is 2.00. The molecule has 15 heavy (non-hydrogen) atoms. The van der Waals surface area contributed by atoms with E-state index in [0.717, 1.165) is 29.5 Å². The first-order valence-corrected chi connectivity index (χ1v) is 5.91. The van der Waals surface area contributed by atoms with Gasteiger partial charge in [0.2, 0.25) is 5.88 Å². The van der Waals surface area contributed by atoms with Crippen molar-refractivity contribution in [2.24, 2.45) is 0 Å². The minimum Gasteiger partial charge on any atom is -0.475 e. The first kappa shape index (κ1) is 10.9. The molecule has 1 fully saturated rings. The van der Waals surface area contributed by atoms with E-state index in [0.29, 0.717) is 12.5 Å². The molecule has 1 unspecified atom stereocenters. The Morgan fingerprint density at radius 1 is 1.67 bits per heavy atom. The van der Waals surface area contributed by atoms with E-state index < -0.39 is 0 Å². The van der Waals surface area contributed by atoms with Crippen molar-refractivity contribution in [3.63, 3.8) is 0 Å². The van der Waals surface area contributed by atoms with Crippen LogP contribution in [0.1, 0.15) is 18.4 Å². The highest BCUT2D eigenvalue weighted by molar-refractivity contribution is 9.10. The summed E-state index contributed by atoms with van der Waals surface area (Å²) in [6.45, 7) is 3.46. The number of halogens is 1. The highest BCUT2D eigenvalue weighted by Gasteiger charge is 2.16. The molecule has 0 radical (unpaired) electrons. The Bertz CT molecular complexity index is 337. The first-order valence-electron chi connectivity index (χ1n) is 5.12. The fraction of sp³-hybridized carbons (Fsp3) is 0.545. The van der Waals surface area contributed by atoms with E-state index in [4.69, 9.17) is 9.47 Å². The van der Waals surface area contributed by atoms with Crippen molar-refractivity contribution in [1.82, 2.24) is 4.98 Å². The Morgan fingerprint density at radius 3 is 3.20 bits per heavy atom. The number of pyridine rings is 1. The van der Waals surface area contributed by atoms with Gasteiger partial charge < -0.3 is 9.47 Å². The summed E-state index contributed by atoms with van der Waals surface area (Å²) < 4.78 is 12.1. The molecule has 1 aliphatic heterocycles. The largest absolute Gasteiger partial charge is 0.475 e. The van der Waals surface area contributed by atoms with Gasteiger partial charge in [-0.1, -0.05) is 0 Å². The van der Waals surface area contributed by atoms with Gasteiger partial charge in [-0.05, 0) is 41.8 Å². The van der Waals surface area contributed by atoms with Crippen molar-refractivity contribution in [1.29, 1.82) is 0 Å². The fourth-order valence-corrected chi connectivity index (χ4v) is 2.07. The highest BCUT2D eigenvalue weighted by atomic mass is 79.9. The van der Waals surface area contributed by atoms with Gasteiger partial charge in [0.05, 0.1) is 6.10 Å². The zero-order valence-electron chi connectivity index (χ0n) is 8.70. The number of nitrogens with zero attached hydrogens (tertiary/aromatic N) is 1. The second-order valence-electron chi connectivity index (χ2n) is 3.72. The van der Waals surface area contributed by atoms with Crippen molar-refractivity contribution < 1.29 is 9.47 Å². The highest BCUT2D eigenvalue weighted by Crippen LogP contribution is 2.20. The molecule has 0 amide bonds. The van der Waals surface area contributed by atoms with E-state index >= 15 is 0 Å². The quantitative estimate of drug-likeness (QED) is 0.847. The van der Waals surface area contributed by atoms with Gasteiger partial charge in [-0.15, -0.1) is 0 Å². The fourth-order valence-electron chi connectivity index (χ4n) is 1.63. The summed E-state index contributed by atoms with van der Waals surface area (Å²) in [5, 5.41) is 0. The smallest absolute Gasteiger partial charge is 0.216 e. The Balaban J connectivity index is 1.92. The average Bonchev–Trinajstić information content (AvgIpc) is 2.69. The number of ether oxygens (including phenoxy) is 2. The molecule has 0 aliphatic carbocycles. The summed E-state index contributed by atoms with van der Waals surface area (Å²) in [6.07, 6.45) is 4.23. The molecule has 2 heterocycles. The lowest BCUT2D eigenvalue weighted by Gasteiger charge is -2.12. The van der Waals surface area contributed by atoms with Crippen LogP contribution in [0.2, 0.25) is 0 Å². The Morgan fingerprint density at radius 2 is 2.53 bits per heavy atom. The molecule has 82 valence electrons. The maximum atomic E-state index is 5.62. The van der Waals surface area contributed by atoms with Crippen LogP contribution in [0, 0.1) is 6.92 Å². The van der Waals surface area contributed by atoms with Crippen LogP contribution in [0.25, 0.3) is 0 Å². The molecule has 0 aromatic carbocycles. The van der Waals surface area contributed by atoms with Gasteiger partial charge in [0.1, 0.15) is 6.61 Å². The van der Waals surface area contributed by atoms with Gasteiger partial charge in [0, 0.05) is 22.8 Å². The molecule has 3 nitrogen and oxygen atoms in total. The molecule has 4 heteroatoms. The third-order valence-electron chi connectivity index (χ3n) is 2.43. The third kappa shape index (κ3) is 2.92. The molecule has 1 atom stereocenters. The topological polar surface area (TPSA) is 31.4 Å². The third-order valence-corrected chi connectivity index (χ3v) is 2.86. The van der Waals surface area contributed by atoms with E-state index in [1.807, 2.05) is 13.0 Å². The summed E-state index contributed by atoms with van der Waals surface area (Å²) in [7, 11) is 0. The number of rotatable bonds is 3. The number of aryl methyl sites for hydroxylation is 1. The predicted octanol–water partition coefficient (Wildman–Crippen LogP) is 2.71. The van der Waals surface area contributed by atoms with Crippen molar-refractivity contribution in [2.75, 3.05) is 13.2 Å². The molecule has 2 rings (SSSR count). The molecule has 0 bridgehead atoms. The minimum atomic E-state index is 0.245. The van der Waals surface area contributed by atoms with Crippen LogP contribution in [-0.4, -0.2) is 24.3 Å². The van der Waals surface area contributed by atoms with Gasteiger partial charge >= 0.3 is 0 Å². The SMILES string of the molecule is Cc1cc(Br)cnc1OCC1CCCO1. The van der Waals surface area contributed by atoms with Gasteiger partial charge in [-0.25, -0.2) is 4.98 Å². The molecule has 1 aliphatic rings. The van der Waals surface area contributed by atoms with Crippen molar-refractivity contribution >= 4 is 15.9 Å². The van der Waals surface area contributed by atoms with Crippen LogP contribution in [0.5, 0.6) is 5.88 Å². The van der Waals surface area contributed by atoms with E-state index in [2.05, 4.69) is 20.9 Å². The molecule has 0 saturated carbocycles. The van der Waals surface area contributed by atoms with Crippen LogP contribution < -0.4 is 4.74 Å². The maximum Gasteiger partial charge on any atom is 0.216 e. The lowest BCUT2D eigenvalue weighted by molar-refractivity contribution is 0.0661. The normalized spacial score (nSPS) is 20.5. The van der Waals surface area contributed by atoms with Crippen molar-refractivity contribution in [3.05, 3.63) is 22.3 Å². The second-order valence-corrected chi connectivity index (χ2v) is 4.64. The summed E-state index contributed by atoms with van der Waals surface area (Å²) in [5.41, 5.74) is 1.04. The van der Waals surface area contributed by atoms with Crippen LogP contribution in [0.15, 0.2) is 16.7 Å². The van der Waals surface area contributed by atoms with Crippen LogP contribution in [-0.2, 0) is 4.74 Å². The van der Waals surface area contributed by atoms with Crippen LogP contribution >= 0.6 is 15.9 Å². The number of hydrogen-bond acceptors (Lipinski definition) is 3. The molecule has 0 spiro atoms. The molecular formula is C11H14BrNO2. The lowest BCUT2D eigenvalue weighted by Crippen LogP contribution is -2.17. The molecule has 1 aromatic rings. The van der Waals surface area contributed by atoms with E-state index in [-0.39, 0.29) is 6.10 Å². The van der Waals surface area contributed by atoms with Crippen LogP contribution in [0.4, 0.5) is 0 Å². The Labute approximate surface area is 97.9 Å². The number of aromatic nitrogens is 1. The van der Waals surface area contributed by atoms with Gasteiger partial charge in [0.25, 0.3) is 0 Å². The zero-order chi connectivity index (χ0) is 10.7. The van der Waals surface area contributed by atoms with Crippen LogP contribution in [0.3, 0.4) is 0 Å². The number of hydrogen-bond donors (Lipinski definition) is 0. The molecule has 1 saturated heterocycles. The monoisotopic (exact) mass is 271 g/mol. The lowest BCUT2D eigenvalue weighted by atomic mass is 10.2. The minimum absolute atomic E-state index is 0.245. The maximum absolute atomic E-state index is 5.62. The molecule has 1 aromatic heterocycles. The Hall–Kier alpha value is -0.610. The predicted molar refractivity (Wildman–Crippen MR) is 61.1 cm³/mol. The van der Waals surface area contributed by atoms with E-state index in [1.165, 1.54) is 0 Å². The summed E-state index contributed by atoms with van der Waals surface area (Å²) in [5.74, 6) is 0.703.